The average molecular weight is 208 g/mol. The van der Waals surface area contributed by atoms with Crippen LogP contribution in [0.1, 0.15) is 13.3 Å². The Morgan fingerprint density at radius 1 is 1.47 bits per heavy atom. The largest absolute Gasteiger partial charge is 0.487 e. The zero-order chi connectivity index (χ0) is 10.7. The molecule has 2 heterocycles. The van der Waals surface area contributed by atoms with Gasteiger partial charge in [-0.05, 0) is 13.0 Å². The monoisotopic (exact) mass is 208 g/mol. The van der Waals surface area contributed by atoms with E-state index in [9.17, 15) is 0 Å². The van der Waals surface area contributed by atoms with Crippen LogP contribution < -0.4 is 14.8 Å². The maximum Gasteiger partial charge on any atom is 0.213 e. The maximum atomic E-state index is 5.76. The zero-order valence-electron chi connectivity index (χ0n) is 9.06. The summed E-state index contributed by atoms with van der Waals surface area (Å²) in [5.74, 6) is 1.41. The SMILES string of the molecule is COc1ccc(O[C@H]2CN[C@@H](C)C2)cn1. The van der Waals surface area contributed by atoms with E-state index >= 15 is 0 Å². The van der Waals surface area contributed by atoms with E-state index in [2.05, 4.69) is 17.2 Å². The Labute approximate surface area is 89.6 Å². The number of pyridine rings is 1. The van der Waals surface area contributed by atoms with Crippen molar-refractivity contribution in [3.63, 3.8) is 0 Å². The summed E-state index contributed by atoms with van der Waals surface area (Å²) in [5.41, 5.74) is 0. The summed E-state index contributed by atoms with van der Waals surface area (Å²) in [4.78, 5) is 4.09. The molecule has 4 heteroatoms. The predicted octanol–water partition coefficient (Wildman–Crippen LogP) is 1.22. The van der Waals surface area contributed by atoms with Gasteiger partial charge in [-0.3, -0.25) is 0 Å². The fourth-order valence-corrected chi connectivity index (χ4v) is 1.73. The van der Waals surface area contributed by atoms with Crippen LogP contribution in [0.5, 0.6) is 11.6 Å². The third-order valence-corrected chi connectivity index (χ3v) is 2.53. The molecule has 1 fully saturated rings. The second-order valence-corrected chi connectivity index (χ2v) is 3.82. The normalized spacial score (nSPS) is 25.2. The molecule has 1 aromatic heterocycles. The standard InChI is InChI=1S/C11H16N2O2/c1-8-5-10(7-12-8)15-9-3-4-11(14-2)13-6-9/h3-4,6,8,10,12H,5,7H2,1-2H3/t8-,10+/m0/s1. The van der Waals surface area contributed by atoms with Gasteiger partial charge in [0, 0.05) is 25.1 Å². The van der Waals surface area contributed by atoms with Gasteiger partial charge in [0.25, 0.3) is 0 Å². The van der Waals surface area contributed by atoms with Gasteiger partial charge in [-0.1, -0.05) is 0 Å². The highest BCUT2D eigenvalue weighted by Crippen LogP contribution is 2.18. The number of rotatable bonds is 3. The van der Waals surface area contributed by atoms with Crippen molar-refractivity contribution >= 4 is 0 Å². The molecule has 0 radical (unpaired) electrons. The van der Waals surface area contributed by atoms with Crippen LogP contribution in [0.3, 0.4) is 0 Å². The molecule has 1 saturated heterocycles. The summed E-state index contributed by atoms with van der Waals surface area (Å²) >= 11 is 0. The Balaban J connectivity index is 1.93. The van der Waals surface area contributed by atoms with Crippen LogP contribution in [0.25, 0.3) is 0 Å². The molecule has 2 atom stereocenters. The molecule has 4 nitrogen and oxygen atoms in total. The third-order valence-electron chi connectivity index (χ3n) is 2.53. The van der Waals surface area contributed by atoms with Crippen molar-refractivity contribution < 1.29 is 9.47 Å². The second-order valence-electron chi connectivity index (χ2n) is 3.82. The van der Waals surface area contributed by atoms with Crippen molar-refractivity contribution in [2.45, 2.75) is 25.5 Å². The van der Waals surface area contributed by atoms with Crippen molar-refractivity contribution in [3.8, 4) is 11.6 Å². The molecule has 0 aromatic carbocycles. The fraction of sp³-hybridized carbons (Fsp3) is 0.545. The highest BCUT2D eigenvalue weighted by Gasteiger charge is 2.21. The maximum absolute atomic E-state index is 5.76. The molecule has 82 valence electrons. The first-order valence-corrected chi connectivity index (χ1v) is 5.18. The van der Waals surface area contributed by atoms with E-state index in [4.69, 9.17) is 9.47 Å². The van der Waals surface area contributed by atoms with Gasteiger partial charge in [-0.25, -0.2) is 4.98 Å². The number of ether oxygens (including phenoxy) is 2. The molecule has 1 aliphatic heterocycles. The summed E-state index contributed by atoms with van der Waals surface area (Å²) in [7, 11) is 1.60. The quantitative estimate of drug-likeness (QED) is 0.811. The Hall–Kier alpha value is -1.29. The number of hydrogen-bond acceptors (Lipinski definition) is 4. The van der Waals surface area contributed by atoms with E-state index < -0.39 is 0 Å². The summed E-state index contributed by atoms with van der Waals surface area (Å²) in [6, 6.07) is 4.23. The van der Waals surface area contributed by atoms with Gasteiger partial charge in [-0.15, -0.1) is 0 Å². The lowest BCUT2D eigenvalue weighted by Crippen LogP contribution is -2.20. The van der Waals surface area contributed by atoms with Gasteiger partial charge in [0.1, 0.15) is 11.9 Å². The minimum atomic E-state index is 0.259. The zero-order valence-corrected chi connectivity index (χ0v) is 9.06. The minimum Gasteiger partial charge on any atom is -0.487 e. The first kappa shape index (κ1) is 10.2. The van der Waals surface area contributed by atoms with Crippen LogP contribution in [0.4, 0.5) is 0 Å². The van der Waals surface area contributed by atoms with Crippen molar-refractivity contribution in [2.24, 2.45) is 0 Å². The highest BCUT2D eigenvalue weighted by molar-refractivity contribution is 5.23. The number of aromatic nitrogens is 1. The highest BCUT2D eigenvalue weighted by atomic mass is 16.5. The molecular weight excluding hydrogens is 192 g/mol. The fourth-order valence-electron chi connectivity index (χ4n) is 1.73. The second kappa shape index (κ2) is 4.49. The lowest BCUT2D eigenvalue weighted by molar-refractivity contribution is 0.219. The predicted molar refractivity (Wildman–Crippen MR) is 57.3 cm³/mol. The van der Waals surface area contributed by atoms with Gasteiger partial charge in [0.2, 0.25) is 5.88 Å². The van der Waals surface area contributed by atoms with Crippen molar-refractivity contribution in [1.29, 1.82) is 0 Å². The summed E-state index contributed by atoms with van der Waals surface area (Å²) in [6.07, 6.45) is 3.00. The molecule has 15 heavy (non-hydrogen) atoms. The van der Waals surface area contributed by atoms with Crippen molar-refractivity contribution in [1.82, 2.24) is 10.3 Å². The number of hydrogen-bond donors (Lipinski definition) is 1. The molecule has 2 rings (SSSR count). The number of methoxy groups -OCH3 is 1. The molecule has 1 aliphatic rings. The van der Waals surface area contributed by atoms with E-state index in [0.29, 0.717) is 11.9 Å². The molecule has 0 spiro atoms. The number of nitrogens with one attached hydrogen (secondary N) is 1. The Kier molecular flexibility index (Phi) is 3.06. The third kappa shape index (κ3) is 2.59. The van der Waals surface area contributed by atoms with E-state index in [1.54, 1.807) is 19.4 Å². The van der Waals surface area contributed by atoms with Gasteiger partial charge in [-0.2, -0.15) is 0 Å². The van der Waals surface area contributed by atoms with Crippen molar-refractivity contribution in [3.05, 3.63) is 18.3 Å². The smallest absolute Gasteiger partial charge is 0.213 e. The Bertz CT molecular complexity index is 313. The topological polar surface area (TPSA) is 43.4 Å². The van der Waals surface area contributed by atoms with E-state index in [1.807, 2.05) is 6.07 Å². The van der Waals surface area contributed by atoms with E-state index in [-0.39, 0.29) is 6.10 Å². The summed E-state index contributed by atoms with van der Waals surface area (Å²) in [5, 5.41) is 3.34. The van der Waals surface area contributed by atoms with Crippen LogP contribution in [-0.2, 0) is 0 Å². The molecular formula is C11H16N2O2. The first-order chi connectivity index (χ1) is 7.28. The summed E-state index contributed by atoms with van der Waals surface area (Å²) < 4.78 is 10.7. The van der Waals surface area contributed by atoms with Crippen LogP contribution in [0, 0.1) is 0 Å². The van der Waals surface area contributed by atoms with E-state index in [1.165, 1.54) is 0 Å². The lowest BCUT2D eigenvalue weighted by atomic mass is 10.2. The Morgan fingerprint density at radius 2 is 2.33 bits per heavy atom. The minimum absolute atomic E-state index is 0.259. The molecule has 0 unspecified atom stereocenters. The van der Waals surface area contributed by atoms with Gasteiger partial charge >= 0.3 is 0 Å². The molecule has 0 amide bonds. The van der Waals surface area contributed by atoms with Gasteiger partial charge in [0.05, 0.1) is 13.3 Å². The average Bonchev–Trinajstić information content (AvgIpc) is 2.65. The van der Waals surface area contributed by atoms with Gasteiger partial charge in [0.15, 0.2) is 0 Å². The lowest BCUT2D eigenvalue weighted by Gasteiger charge is -2.12. The van der Waals surface area contributed by atoms with Gasteiger partial charge < -0.3 is 14.8 Å². The summed E-state index contributed by atoms with van der Waals surface area (Å²) in [6.45, 7) is 3.07. The van der Waals surface area contributed by atoms with Crippen LogP contribution in [0.15, 0.2) is 18.3 Å². The van der Waals surface area contributed by atoms with Crippen LogP contribution in [-0.4, -0.2) is 30.8 Å². The number of nitrogens with zero attached hydrogens (tertiary/aromatic N) is 1. The van der Waals surface area contributed by atoms with E-state index in [0.717, 1.165) is 18.7 Å². The Morgan fingerprint density at radius 3 is 2.87 bits per heavy atom. The molecule has 1 N–H and O–H groups in total. The van der Waals surface area contributed by atoms with Crippen molar-refractivity contribution in [2.75, 3.05) is 13.7 Å². The molecule has 0 saturated carbocycles. The molecule has 0 aliphatic carbocycles. The molecule has 0 bridgehead atoms. The molecule has 1 aromatic rings. The van der Waals surface area contributed by atoms with Crippen LogP contribution >= 0.6 is 0 Å². The first-order valence-electron chi connectivity index (χ1n) is 5.18. The van der Waals surface area contributed by atoms with Crippen LogP contribution in [0.2, 0.25) is 0 Å².